The minimum Gasteiger partial charge on any atom is -0.483 e. The van der Waals surface area contributed by atoms with Crippen LogP contribution in [0.4, 0.5) is 26.3 Å². The summed E-state index contributed by atoms with van der Waals surface area (Å²) >= 11 is 0. The first-order valence-corrected chi connectivity index (χ1v) is 11.8. The van der Waals surface area contributed by atoms with E-state index in [1.54, 1.807) is 6.07 Å². The average molecular weight is 522 g/mol. The molecule has 7 heteroatoms. The highest BCUT2D eigenvalue weighted by Gasteiger charge is 2.18. The summed E-state index contributed by atoms with van der Waals surface area (Å²) in [5, 5.41) is -0.0700. The van der Waals surface area contributed by atoms with E-state index in [-0.39, 0.29) is 28.5 Å². The Labute approximate surface area is 214 Å². The third kappa shape index (κ3) is 4.84. The molecule has 0 fully saturated rings. The highest BCUT2D eigenvalue weighted by atomic mass is 19.2. The summed E-state index contributed by atoms with van der Waals surface area (Å²) in [6.45, 7) is 1.71. The summed E-state index contributed by atoms with van der Waals surface area (Å²) in [6, 6.07) is 18.9. The van der Waals surface area contributed by atoms with Crippen LogP contribution < -0.4 is 4.74 Å². The van der Waals surface area contributed by atoms with Crippen molar-refractivity contribution in [2.45, 2.75) is 20.0 Å². The van der Waals surface area contributed by atoms with E-state index in [9.17, 15) is 26.3 Å². The van der Waals surface area contributed by atoms with Crippen LogP contribution in [-0.4, -0.2) is 0 Å². The molecule has 0 unspecified atom stereocenters. The Morgan fingerprint density at radius 1 is 0.553 bits per heavy atom. The van der Waals surface area contributed by atoms with Crippen molar-refractivity contribution in [3.05, 3.63) is 125 Å². The van der Waals surface area contributed by atoms with E-state index >= 15 is 0 Å². The molecule has 5 aromatic rings. The van der Waals surface area contributed by atoms with Gasteiger partial charge in [0, 0.05) is 10.9 Å². The van der Waals surface area contributed by atoms with Crippen LogP contribution in [0.3, 0.4) is 0 Å². The van der Waals surface area contributed by atoms with Crippen LogP contribution in [0.2, 0.25) is 0 Å². The Hall–Kier alpha value is -4.26. The summed E-state index contributed by atoms with van der Waals surface area (Å²) in [5.74, 6) is -7.66. The standard InChI is InChI=1S/C31H20F6O/c1-2-17-3-6-19(7-4-17)20-8-10-23(25(32)12-20)22-14-27(34)31(28(35)15-22)38-16-18-5-9-24-21(11-18)13-26(33)30(37)29(24)36/h3-15H,2,16H2,1H3. The van der Waals surface area contributed by atoms with E-state index in [0.29, 0.717) is 11.1 Å². The molecule has 5 aromatic carbocycles. The quantitative estimate of drug-likeness (QED) is 0.160. The molecule has 0 amide bonds. The highest BCUT2D eigenvalue weighted by molar-refractivity contribution is 5.84. The molecule has 0 aliphatic heterocycles. The maximum absolute atomic E-state index is 15.0. The lowest BCUT2D eigenvalue weighted by Gasteiger charge is -2.12. The maximum atomic E-state index is 15.0. The summed E-state index contributed by atoms with van der Waals surface area (Å²) < 4.78 is 90.8. The van der Waals surface area contributed by atoms with Gasteiger partial charge in [0.05, 0.1) is 0 Å². The van der Waals surface area contributed by atoms with Crippen LogP contribution in [0.25, 0.3) is 33.0 Å². The van der Waals surface area contributed by atoms with Crippen LogP contribution in [0.1, 0.15) is 18.1 Å². The third-order valence-corrected chi connectivity index (χ3v) is 6.39. The van der Waals surface area contributed by atoms with Gasteiger partial charge in [0.25, 0.3) is 0 Å². The van der Waals surface area contributed by atoms with Crippen LogP contribution >= 0.6 is 0 Å². The Morgan fingerprint density at radius 2 is 1.18 bits per heavy atom. The molecule has 1 nitrogen and oxygen atoms in total. The Balaban J connectivity index is 1.37. The number of aryl methyl sites for hydroxylation is 1. The highest BCUT2D eigenvalue weighted by Crippen LogP contribution is 2.33. The fourth-order valence-electron chi connectivity index (χ4n) is 4.31. The van der Waals surface area contributed by atoms with E-state index < -0.39 is 40.7 Å². The van der Waals surface area contributed by atoms with Gasteiger partial charge in [-0.3, -0.25) is 0 Å². The Bertz CT molecular complexity index is 1640. The smallest absolute Gasteiger partial charge is 0.195 e. The normalized spacial score (nSPS) is 11.2. The van der Waals surface area contributed by atoms with E-state index in [1.165, 1.54) is 30.3 Å². The van der Waals surface area contributed by atoms with Crippen molar-refractivity contribution in [3.63, 3.8) is 0 Å². The van der Waals surface area contributed by atoms with Gasteiger partial charge in [0.15, 0.2) is 34.8 Å². The summed E-state index contributed by atoms with van der Waals surface area (Å²) in [4.78, 5) is 0. The molecule has 5 rings (SSSR count). The molecule has 0 saturated carbocycles. The monoisotopic (exact) mass is 522 g/mol. The zero-order valence-corrected chi connectivity index (χ0v) is 20.1. The Kier molecular flexibility index (Phi) is 6.85. The van der Waals surface area contributed by atoms with Crippen LogP contribution in [-0.2, 0) is 13.0 Å². The predicted octanol–water partition coefficient (Wildman–Crippen LogP) is 9.15. The molecule has 0 radical (unpaired) electrons. The first kappa shape index (κ1) is 25.4. The second-order valence-electron chi connectivity index (χ2n) is 8.84. The van der Waals surface area contributed by atoms with Gasteiger partial charge in [-0.05, 0) is 70.0 Å². The number of halogens is 6. The number of hydrogen-bond acceptors (Lipinski definition) is 1. The van der Waals surface area contributed by atoms with Gasteiger partial charge in [-0.2, -0.15) is 0 Å². The number of rotatable bonds is 6. The van der Waals surface area contributed by atoms with Crippen LogP contribution in [0, 0.1) is 34.9 Å². The topological polar surface area (TPSA) is 9.23 Å². The number of ether oxygens (including phenoxy) is 1. The van der Waals surface area contributed by atoms with Crippen molar-refractivity contribution in [1.82, 2.24) is 0 Å². The van der Waals surface area contributed by atoms with Gasteiger partial charge >= 0.3 is 0 Å². The molecule has 38 heavy (non-hydrogen) atoms. The second-order valence-corrected chi connectivity index (χ2v) is 8.84. The first-order chi connectivity index (χ1) is 18.2. The van der Waals surface area contributed by atoms with Gasteiger partial charge in [-0.25, -0.2) is 26.3 Å². The predicted molar refractivity (Wildman–Crippen MR) is 135 cm³/mol. The first-order valence-electron chi connectivity index (χ1n) is 11.8. The number of benzene rings is 5. The van der Waals surface area contributed by atoms with Gasteiger partial charge in [0.1, 0.15) is 12.4 Å². The van der Waals surface area contributed by atoms with Crippen molar-refractivity contribution < 1.29 is 31.1 Å². The fourth-order valence-corrected chi connectivity index (χ4v) is 4.31. The van der Waals surface area contributed by atoms with Crippen molar-refractivity contribution in [1.29, 1.82) is 0 Å². The molecule has 192 valence electrons. The minimum atomic E-state index is -1.58. The zero-order chi connectivity index (χ0) is 27.0. The fraction of sp³-hybridized carbons (Fsp3) is 0.0968. The van der Waals surface area contributed by atoms with E-state index in [4.69, 9.17) is 4.74 Å². The summed E-state index contributed by atoms with van der Waals surface area (Å²) in [5.41, 5.74) is 2.97. The zero-order valence-electron chi connectivity index (χ0n) is 20.1. The molecular weight excluding hydrogens is 502 g/mol. The van der Waals surface area contributed by atoms with Crippen LogP contribution in [0.5, 0.6) is 5.75 Å². The molecule has 0 N–H and O–H groups in total. The third-order valence-electron chi connectivity index (χ3n) is 6.39. The Morgan fingerprint density at radius 3 is 1.84 bits per heavy atom. The molecule has 0 aliphatic carbocycles. The summed E-state index contributed by atoms with van der Waals surface area (Å²) in [7, 11) is 0. The van der Waals surface area contributed by atoms with E-state index in [0.717, 1.165) is 35.7 Å². The second kappa shape index (κ2) is 10.2. The molecule has 0 spiro atoms. The molecule has 0 bridgehead atoms. The minimum absolute atomic E-state index is 0.00332. The van der Waals surface area contributed by atoms with Gasteiger partial charge in [-0.1, -0.05) is 55.5 Å². The van der Waals surface area contributed by atoms with Crippen molar-refractivity contribution in [2.75, 3.05) is 0 Å². The molecule has 0 aliphatic rings. The molecule has 0 aromatic heterocycles. The van der Waals surface area contributed by atoms with Gasteiger partial charge < -0.3 is 4.74 Å². The van der Waals surface area contributed by atoms with E-state index in [2.05, 4.69) is 0 Å². The molecular formula is C31H20F6O. The number of hydrogen-bond donors (Lipinski definition) is 0. The van der Waals surface area contributed by atoms with E-state index in [1.807, 2.05) is 31.2 Å². The largest absolute Gasteiger partial charge is 0.483 e. The maximum Gasteiger partial charge on any atom is 0.195 e. The van der Waals surface area contributed by atoms with Crippen molar-refractivity contribution in [3.8, 4) is 28.0 Å². The van der Waals surface area contributed by atoms with Crippen molar-refractivity contribution in [2.24, 2.45) is 0 Å². The average Bonchev–Trinajstić information content (AvgIpc) is 2.91. The van der Waals surface area contributed by atoms with Crippen molar-refractivity contribution >= 4 is 10.8 Å². The molecule has 0 heterocycles. The lowest BCUT2D eigenvalue weighted by Crippen LogP contribution is -2.01. The lowest BCUT2D eigenvalue weighted by molar-refractivity contribution is 0.274. The van der Waals surface area contributed by atoms with Gasteiger partial charge in [-0.15, -0.1) is 0 Å². The van der Waals surface area contributed by atoms with Gasteiger partial charge in [0.2, 0.25) is 0 Å². The molecule has 0 saturated heterocycles. The molecule has 0 atom stereocenters. The SMILES string of the molecule is CCc1ccc(-c2ccc(-c3cc(F)c(OCc4ccc5c(F)c(F)c(F)cc5c4)c(F)c3)c(F)c2)cc1. The lowest BCUT2D eigenvalue weighted by atomic mass is 9.98. The van der Waals surface area contributed by atoms with Crippen LogP contribution in [0.15, 0.2) is 78.9 Å². The number of fused-ring (bicyclic) bond motifs is 1. The summed E-state index contributed by atoms with van der Waals surface area (Å²) in [6.07, 6.45) is 0.883.